The van der Waals surface area contributed by atoms with Gasteiger partial charge in [-0.1, -0.05) is 33.8 Å². The number of phenols is 1. The molecule has 1 amide bonds. The van der Waals surface area contributed by atoms with Gasteiger partial charge in [0.2, 0.25) is 5.91 Å². The number of ketones is 4. The van der Waals surface area contributed by atoms with E-state index in [-0.39, 0.29) is 30.6 Å². The first-order chi connectivity index (χ1) is 17.0. The Labute approximate surface area is 214 Å². The topological polar surface area (TPSA) is 152 Å². The quantitative estimate of drug-likeness (QED) is 0.360. The molecule has 2 saturated carbocycles. The van der Waals surface area contributed by atoms with Gasteiger partial charge in [-0.3, -0.25) is 24.0 Å². The van der Waals surface area contributed by atoms with Crippen molar-refractivity contribution in [2.45, 2.75) is 24.9 Å². The molecule has 8 nitrogen and oxygen atoms in total. The zero-order valence-corrected chi connectivity index (χ0v) is 20.4. The molecule has 2 aromatic carbocycles. The maximum absolute atomic E-state index is 13.5. The molecular weight excluding hydrogens is 530 g/mol. The molecule has 36 heavy (non-hydrogen) atoms. The molecule has 9 heteroatoms. The van der Waals surface area contributed by atoms with Crippen molar-refractivity contribution in [2.24, 2.45) is 29.4 Å². The third kappa shape index (κ3) is 3.52. The molecule has 2 unspecified atom stereocenters. The second-order valence-corrected chi connectivity index (χ2v) is 10.4. The lowest BCUT2D eigenvalue weighted by Gasteiger charge is -2.48. The fraction of sp³-hybridized carbons (Fsp3) is 0.296. The second-order valence-electron chi connectivity index (χ2n) is 9.49. The number of hydrogen-bond donors (Lipinski definition) is 3. The van der Waals surface area contributed by atoms with Crippen LogP contribution in [0.4, 0.5) is 0 Å². The number of rotatable bonds is 1. The van der Waals surface area contributed by atoms with Crippen molar-refractivity contribution in [1.29, 1.82) is 0 Å². The number of fused-ring (bicyclic) bond motifs is 3. The van der Waals surface area contributed by atoms with Crippen molar-refractivity contribution in [2.75, 3.05) is 0 Å². The van der Waals surface area contributed by atoms with E-state index < -0.39 is 58.3 Å². The number of phenolic OH excluding ortho intramolecular Hbond substituents is 1. The lowest BCUT2D eigenvalue weighted by Crippen LogP contribution is -2.68. The highest BCUT2D eigenvalue weighted by molar-refractivity contribution is 9.10. The highest BCUT2D eigenvalue weighted by atomic mass is 79.9. The van der Waals surface area contributed by atoms with E-state index in [1.807, 2.05) is 24.3 Å². The van der Waals surface area contributed by atoms with Gasteiger partial charge in [0.1, 0.15) is 5.75 Å². The Balaban J connectivity index is 1.57. The third-order valence-corrected chi connectivity index (χ3v) is 7.94. The number of Topliss-reactive ketones (excluding diaryl/α,β-unsaturated/α-hetero) is 4. The number of amides is 1. The minimum absolute atomic E-state index is 0.0369. The highest BCUT2D eigenvalue weighted by Gasteiger charge is 2.66. The largest absolute Gasteiger partial charge is 0.507 e. The number of hydrogen-bond acceptors (Lipinski definition) is 7. The number of carbonyl (C=O) groups excluding carboxylic acids is 5. The molecule has 0 spiro atoms. The number of aliphatic hydroxyl groups is 1. The molecule has 0 saturated heterocycles. The third-order valence-electron chi connectivity index (χ3n) is 7.45. The molecule has 182 valence electrons. The van der Waals surface area contributed by atoms with Crippen LogP contribution in [0.25, 0.3) is 0 Å². The Hall–Kier alpha value is -3.61. The maximum atomic E-state index is 13.5. The van der Waals surface area contributed by atoms with E-state index in [2.05, 4.69) is 27.8 Å². The van der Waals surface area contributed by atoms with E-state index >= 15 is 0 Å². The van der Waals surface area contributed by atoms with Gasteiger partial charge < -0.3 is 15.9 Å². The van der Waals surface area contributed by atoms with Crippen LogP contribution in [0.3, 0.4) is 0 Å². The van der Waals surface area contributed by atoms with Crippen LogP contribution in [0, 0.1) is 35.5 Å². The Morgan fingerprint density at radius 3 is 2.50 bits per heavy atom. The van der Waals surface area contributed by atoms with Crippen LogP contribution in [0.5, 0.6) is 5.75 Å². The van der Waals surface area contributed by atoms with Gasteiger partial charge in [-0.05, 0) is 54.7 Å². The molecule has 0 aromatic heterocycles. The zero-order valence-electron chi connectivity index (χ0n) is 18.8. The predicted molar refractivity (Wildman–Crippen MR) is 129 cm³/mol. The SMILES string of the molecule is NC(=O)C1C(=O)C[C@@H]2C[C@@H]3Cc4c(C#Cc5cccc(Br)c5)ccc(O)c4C(=O)C3C(=O)[C@]2(O)C1=O. The van der Waals surface area contributed by atoms with Crippen molar-refractivity contribution in [1.82, 2.24) is 0 Å². The molecule has 2 fully saturated rings. The number of nitrogens with two attached hydrogens (primary N) is 1. The molecule has 0 heterocycles. The normalized spacial score (nSPS) is 28.9. The summed E-state index contributed by atoms with van der Waals surface area (Å²) in [7, 11) is 0. The monoisotopic (exact) mass is 549 g/mol. The summed E-state index contributed by atoms with van der Waals surface area (Å²) in [6.45, 7) is 0. The van der Waals surface area contributed by atoms with E-state index in [4.69, 9.17) is 5.73 Å². The number of primary amides is 1. The summed E-state index contributed by atoms with van der Waals surface area (Å²) in [6.07, 6.45) is -0.154. The standard InChI is InChI=1S/C27H20BrNO7/c28-16-3-1-2-12(8-16)4-5-13-6-7-18(30)21-17(13)10-14-9-15-11-19(31)22(26(29)35)25(34)27(15,36)24(33)20(14)23(21)32/h1-3,6-8,14-15,20,22,30,36H,9-11H2,(H2,29,35)/t14-,15+,20?,22?,27+/m1/s1. The van der Waals surface area contributed by atoms with Crippen molar-refractivity contribution in [3.63, 3.8) is 0 Å². The van der Waals surface area contributed by atoms with Gasteiger partial charge in [0.15, 0.2) is 34.7 Å². The summed E-state index contributed by atoms with van der Waals surface area (Å²) in [5.41, 5.74) is 4.18. The molecule has 0 radical (unpaired) electrons. The number of halogens is 1. The Morgan fingerprint density at radius 1 is 1.06 bits per heavy atom. The summed E-state index contributed by atoms with van der Waals surface area (Å²) < 4.78 is 0.850. The summed E-state index contributed by atoms with van der Waals surface area (Å²) in [5, 5.41) is 21.8. The first kappa shape index (κ1) is 24.1. The Kier molecular flexibility index (Phi) is 5.69. The first-order valence-electron chi connectivity index (χ1n) is 11.3. The average molecular weight is 550 g/mol. The van der Waals surface area contributed by atoms with Crippen LogP contribution in [0.15, 0.2) is 40.9 Å². The van der Waals surface area contributed by atoms with Crippen LogP contribution >= 0.6 is 15.9 Å². The lowest BCUT2D eigenvalue weighted by molar-refractivity contribution is -0.175. The smallest absolute Gasteiger partial charge is 0.235 e. The van der Waals surface area contributed by atoms with Gasteiger partial charge in [-0.2, -0.15) is 0 Å². The van der Waals surface area contributed by atoms with E-state index in [9.17, 15) is 34.2 Å². The minimum atomic E-state index is -2.66. The molecule has 4 N–H and O–H groups in total. The fourth-order valence-electron chi connectivity index (χ4n) is 5.79. The van der Waals surface area contributed by atoms with Crippen molar-refractivity contribution in [3.8, 4) is 17.6 Å². The maximum Gasteiger partial charge on any atom is 0.235 e. The molecule has 5 atom stereocenters. The van der Waals surface area contributed by atoms with Crippen LogP contribution in [0.2, 0.25) is 0 Å². The number of carbonyl (C=O) groups is 5. The van der Waals surface area contributed by atoms with Crippen molar-refractivity contribution < 1.29 is 34.2 Å². The molecule has 3 aliphatic rings. The second kappa shape index (κ2) is 8.50. The van der Waals surface area contributed by atoms with Gasteiger partial charge in [0, 0.05) is 27.9 Å². The van der Waals surface area contributed by atoms with Crippen molar-refractivity contribution in [3.05, 3.63) is 63.1 Å². The minimum Gasteiger partial charge on any atom is -0.507 e. The number of benzene rings is 2. The van der Waals surface area contributed by atoms with Crippen LogP contribution in [-0.4, -0.2) is 44.9 Å². The number of aromatic hydroxyl groups is 1. The van der Waals surface area contributed by atoms with Crippen molar-refractivity contribution >= 4 is 45.0 Å². The van der Waals surface area contributed by atoms with Crippen LogP contribution < -0.4 is 5.73 Å². The first-order valence-corrected chi connectivity index (χ1v) is 12.1. The molecule has 0 bridgehead atoms. The summed E-state index contributed by atoms with van der Waals surface area (Å²) in [4.78, 5) is 64.2. The predicted octanol–water partition coefficient (Wildman–Crippen LogP) is 1.49. The van der Waals surface area contributed by atoms with Gasteiger partial charge in [0.25, 0.3) is 0 Å². The Morgan fingerprint density at radius 2 is 1.81 bits per heavy atom. The molecule has 3 aliphatic carbocycles. The zero-order chi connectivity index (χ0) is 25.9. The highest BCUT2D eigenvalue weighted by Crippen LogP contribution is 2.50. The van der Waals surface area contributed by atoms with Crippen LogP contribution in [0.1, 0.15) is 39.9 Å². The average Bonchev–Trinajstić information content (AvgIpc) is 2.80. The molecule has 0 aliphatic heterocycles. The molecule has 2 aromatic rings. The summed E-state index contributed by atoms with van der Waals surface area (Å²) in [5.74, 6) is -4.27. The van der Waals surface area contributed by atoms with Crippen LogP contribution in [-0.2, 0) is 25.6 Å². The molecular formula is C27H20BrNO7. The van der Waals surface area contributed by atoms with E-state index in [1.165, 1.54) is 6.07 Å². The summed E-state index contributed by atoms with van der Waals surface area (Å²) >= 11 is 3.39. The van der Waals surface area contributed by atoms with Gasteiger partial charge in [0.05, 0.1) is 11.5 Å². The van der Waals surface area contributed by atoms with E-state index in [0.29, 0.717) is 11.1 Å². The van der Waals surface area contributed by atoms with Gasteiger partial charge in [-0.15, -0.1) is 0 Å². The molecule has 5 rings (SSSR count). The van der Waals surface area contributed by atoms with Gasteiger partial charge in [-0.25, -0.2) is 0 Å². The van der Waals surface area contributed by atoms with E-state index in [0.717, 1.165) is 10.0 Å². The summed E-state index contributed by atoms with van der Waals surface area (Å²) in [6, 6.07) is 10.3. The Bertz CT molecular complexity index is 1450. The van der Waals surface area contributed by atoms with E-state index in [1.54, 1.807) is 6.07 Å². The lowest BCUT2D eigenvalue weighted by atomic mass is 9.53. The van der Waals surface area contributed by atoms with Gasteiger partial charge >= 0.3 is 0 Å². The fourth-order valence-corrected chi connectivity index (χ4v) is 6.19.